The monoisotopic (exact) mass is 327 g/mol. The Labute approximate surface area is 132 Å². The number of nitrogens with zero attached hydrogens (tertiary/aromatic N) is 1. The molecule has 0 aromatic heterocycles. The van der Waals surface area contributed by atoms with Crippen molar-refractivity contribution < 1.29 is 13.2 Å². The normalized spacial score (nSPS) is 13.2. The Morgan fingerprint density at radius 2 is 1.82 bits per heavy atom. The number of benzene rings is 1. The summed E-state index contributed by atoms with van der Waals surface area (Å²) in [6, 6.07) is 5.94. The fourth-order valence-electron chi connectivity index (χ4n) is 1.89. The maximum atomic E-state index is 12.3. The first-order valence-electron chi connectivity index (χ1n) is 7.23. The van der Waals surface area contributed by atoms with Crippen LogP contribution in [0.5, 0.6) is 0 Å². The average molecular weight is 327 g/mol. The summed E-state index contributed by atoms with van der Waals surface area (Å²) in [5, 5.41) is 0. The van der Waals surface area contributed by atoms with Gasteiger partial charge in [-0.05, 0) is 43.7 Å². The van der Waals surface area contributed by atoms with Crippen molar-refractivity contribution in [3.8, 4) is 0 Å². The van der Waals surface area contributed by atoms with Gasteiger partial charge in [-0.25, -0.2) is 13.1 Å². The third-order valence-electron chi connectivity index (χ3n) is 3.68. The molecule has 6 nitrogen and oxygen atoms in total. The molecule has 1 atom stereocenters. The SMILES string of the molecule is CNS(=O)(=O)c1ccc(C(=O)N(C)CCC(N)C(C)C)cc1. The van der Waals surface area contributed by atoms with Gasteiger partial charge in [-0.15, -0.1) is 0 Å². The van der Waals surface area contributed by atoms with E-state index in [0.29, 0.717) is 18.0 Å². The van der Waals surface area contributed by atoms with Crippen LogP contribution in [0.2, 0.25) is 0 Å². The fraction of sp³-hybridized carbons (Fsp3) is 0.533. The van der Waals surface area contributed by atoms with Crippen LogP contribution in [-0.4, -0.2) is 45.9 Å². The van der Waals surface area contributed by atoms with Gasteiger partial charge in [0.2, 0.25) is 10.0 Å². The molecule has 0 aliphatic rings. The Bertz CT molecular complexity index is 597. The highest BCUT2D eigenvalue weighted by atomic mass is 32.2. The zero-order valence-corrected chi connectivity index (χ0v) is 14.4. The maximum absolute atomic E-state index is 12.3. The minimum atomic E-state index is -3.48. The van der Waals surface area contributed by atoms with Crippen LogP contribution in [-0.2, 0) is 10.0 Å². The Balaban J connectivity index is 2.73. The molecule has 0 saturated heterocycles. The van der Waals surface area contributed by atoms with Crippen LogP contribution in [0.4, 0.5) is 0 Å². The molecule has 3 N–H and O–H groups in total. The summed E-state index contributed by atoms with van der Waals surface area (Å²) in [5.74, 6) is 0.221. The molecule has 124 valence electrons. The van der Waals surface area contributed by atoms with E-state index in [9.17, 15) is 13.2 Å². The molecule has 0 bridgehead atoms. The molecule has 1 aromatic rings. The number of rotatable bonds is 7. The van der Waals surface area contributed by atoms with Crippen molar-refractivity contribution in [3.05, 3.63) is 29.8 Å². The molecule has 22 heavy (non-hydrogen) atoms. The van der Waals surface area contributed by atoms with Crippen LogP contribution in [0.15, 0.2) is 29.2 Å². The predicted molar refractivity (Wildman–Crippen MR) is 87.1 cm³/mol. The van der Waals surface area contributed by atoms with Crippen LogP contribution in [0, 0.1) is 5.92 Å². The lowest BCUT2D eigenvalue weighted by Gasteiger charge is -2.21. The van der Waals surface area contributed by atoms with E-state index in [1.165, 1.54) is 31.3 Å². The highest BCUT2D eigenvalue weighted by Crippen LogP contribution is 2.12. The minimum Gasteiger partial charge on any atom is -0.342 e. The number of amides is 1. The lowest BCUT2D eigenvalue weighted by Crippen LogP contribution is -2.34. The molecule has 1 rings (SSSR count). The summed E-state index contributed by atoms with van der Waals surface area (Å²) >= 11 is 0. The first kappa shape index (κ1) is 18.6. The molecule has 1 unspecified atom stereocenters. The van der Waals surface area contributed by atoms with Crippen molar-refractivity contribution in [1.82, 2.24) is 9.62 Å². The lowest BCUT2D eigenvalue weighted by molar-refractivity contribution is 0.0789. The number of carbonyl (C=O) groups is 1. The van der Waals surface area contributed by atoms with Crippen molar-refractivity contribution in [1.29, 1.82) is 0 Å². The number of sulfonamides is 1. The van der Waals surface area contributed by atoms with Gasteiger partial charge in [-0.1, -0.05) is 13.8 Å². The van der Waals surface area contributed by atoms with Gasteiger partial charge in [-0.3, -0.25) is 4.79 Å². The molecule has 0 saturated carbocycles. The second kappa shape index (κ2) is 7.71. The van der Waals surface area contributed by atoms with Gasteiger partial charge in [0, 0.05) is 25.2 Å². The van der Waals surface area contributed by atoms with Gasteiger partial charge in [0.1, 0.15) is 0 Å². The van der Waals surface area contributed by atoms with Crippen LogP contribution in [0.25, 0.3) is 0 Å². The summed E-state index contributed by atoms with van der Waals surface area (Å²) in [6.45, 7) is 4.66. The second-order valence-corrected chi connectivity index (χ2v) is 7.54. The van der Waals surface area contributed by atoms with Crippen molar-refractivity contribution >= 4 is 15.9 Å². The Morgan fingerprint density at radius 1 is 1.27 bits per heavy atom. The van der Waals surface area contributed by atoms with Crippen LogP contribution in [0.3, 0.4) is 0 Å². The van der Waals surface area contributed by atoms with Gasteiger partial charge in [0.15, 0.2) is 0 Å². The molecule has 7 heteroatoms. The van der Waals surface area contributed by atoms with Crippen molar-refractivity contribution in [2.24, 2.45) is 11.7 Å². The molecule has 0 radical (unpaired) electrons. The molecular weight excluding hydrogens is 302 g/mol. The van der Waals surface area contributed by atoms with Crippen LogP contribution < -0.4 is 10.5 Å². The van der Waals surface area contributed by atoms with Gasteiger partial charge >= 0.3 is 0 Å². The molecule has 1 amide bonds. The summed E-state index contributed by atoms with van der Waals surface area (Å²) in [6.07, 6.45) is 0.728. The van der Waals surface area contributed by atoms with E-state index < -0.39 is 10.0 Å². The van der Waals surface area contributed by atoms with Crippen LogP contribution >= 0.6 is 0 Å². The molecule has 0 aliphatic carbocycles. The van der Waals surface area contributed by atoms with Crippen LogP contribution in [0.1, 0.15) is 30.6 Å². The Morgan fingerprint density at radius 3 is 2.27 bits per heavy atom. The van der Waals surface area contributed by atoms with E-state index in [2.05, 4.69) is 4.72 Å². The van der Waals surface area contributed by atoms with Crippen molar-refractivity contribution in [2.75, 3.05) is 20.6 Å². The minimum absolute atomic E-state index is 0.0541. The average Bonchev–Trinajstić information content (AvgIpc) is 2.51. The zero-order valence-electron chi connectivity index (χ0n) is 13.5. The summed E-state index contributed by atoms with van der Waals surface area (Å²) in [4.78, 5) is 14.0. The number of nitrogens with two attached hydrogens (primary N) is 1. The molecule has 1 aromatic carbocycles. The third kappa shape index (κ3) is 4.79. The topological polar surface area (TPSA) is 92.5 Å². The highest BCUT2D eigenvalue weighted by Gasteiger charge is 2.16. The highest BCUT2D eigenvalue weighted by molar-refractivity contribution is 7.89. The number of nitrogens with one attached hydrogen (secondary N) is 1. The van der Waals surface area contributed by atoms with E-state index >= 15 is 0 Å². The summed E-state index contributed by atoms with van der Waals surface area (Å²) in [5.41, 5.74) is 6.43. The lowest BCUT2D eigenvalue weighted by atomic mass is 10.0. The van der Waals surface area contributed by atoms with Gasteiger partial charge in [0.05, 0.1) is 4.90 Å². The summed E-state index contributed by atoms with van der Waals surface area (Å²) < 4.78 is 25.5. The first-order chi connectivity index (χ1) is 10.2. The van der Waals surface area contributed by atoms with Gasteiger partial charge in [0.25, 0.3) is 5.91 Å². The van der Waals surface area contributed by atoms with E-state index in [-0.39, 0.29) is 16.8 Å². The summed E-state index contributed by atoms with van der Waals surface area (Å²) in [7, 11) is -0.420. The van der Waals surface area contributed by atoms with Crippen molar-refractivity contribution in [3.63, 3.8) is 0 Å². The van der Waals surface area contributed by atoms with E-state index in [1.807, 2.05) is 13.8 Å². The van der Waals surface area contributed by atoms with E-state index in [0.717, 1.165) is 6.42 Å². The number of hydrogen-bond donors (Lipinski definition) is 2. The van der Waals surface area contributed by atoms with E-state index in [4.69, 9.17) is 5.73 Å². The number of hydrogen-bond acceptors (Lipinski definition) is 4. The van der Waals surface area contributed by atoms with Gasteiger partial charge < -0.3 is 10.6 Å². The van der Waals surface area contributed by atoms with Gasteiger partial charge in [-0.2, -0.15) is 0 Å². The third-order valence-corrected chi connectivity index (χ3v) is 5.11. The Hall–Kier alpha value is -1.44. The molecule has 0 spiro atoms. The standard InChI is InChI=1S/C15H25N3O3S/c1-11(2)14(16)9-10-18(4)15(19)12-5-7-13(8-6-12)22(20,21)17-3/h5-8,11,14,17H,9-10,16H2,1-4H3. The maximum Gasteiger partial charge on any atom is 0.253 e. The van der Waals surface area contributed by atoms with Crippen molar-refractivity contribution in [2.45, 2.75) is 31.2 Å². The Kier molecular flexibility index (Phi) is 6.52. The quantitative estimate of drug-likeness (QED) is 0.782. The second-order valence-electron chi connectivity index (χ2n) is 5.66. The smallest absolute Gasteiger partial charge is 0.253 e. The largest absolute Gasteiger partial charge is 0.342 e. The zero-order chi connectivity index (χ0) is 16.9. The number of carbonyl (C=O) groups excluding carboxylic acids is 1. The van der Waals surface area contributed by atoms with E-state index in [1.54, 1.807) is 11.9 Å². The first-order valence-corrected chi connectivity index (χ1v) is 8.72. The molecule has 0 aliphatic heterocycles. The molecule has 0 heterocycles. The molecule has 0 fully saturated rings. The fourth-order valence-corrected chi connectivity index (χ4v) is 2.62. The predicted octanol–water partition coefficient (Wildman–Crippen LogP) is 1.04. The molecular formula is C15H25N3O3S.